The van der Waals surface area contributed by atoms with E-state index in [9.17, 15) is 13.2 Å². The normalized spacial score (nSPS) is 16.4. The van der Waals surface area contributed by atoms with Gasteiger partial charge in [0.05, 0.1) is 16.8 Å². The van der Waals surface area contributed by atoms with Crippen molar-refractivity contribution in [2.24, 2.45) is 5.73 Å². The lowest BCUT2D eigenvalue weighted by Crippen LogP contribution is -2.22. The number of benzene rings is 1. The van der Waals surface area contributed by atoms with Gasteiger partial charge in [-0.15, -0.1) is 0 Å². The van der Waals surface area contributed by atoms with Gasteiger partial charge < -0.3 is 5.73 Å². The van der Waals surface area contributed by atoms with Crippen molar-refractivity contribution in [3.05, 3.63) is 53.6 Å². The van der Waals surface area contributed by atoms with Gasteiger partial charge >= 0.3 is 0 Å². The molecule has 2 nitrogen and oxygen atoms in total. The number of pyridine rings is 1. The van der Waals surface area contributed by atoms with Gasteiger partial charge in [0.2, 0.25) is 0 Å². The zero-order valence-corrected chi connectivity index (χ0v) is 9.96. The number of aromatic nitrogens is 1. The predicted octanol–water partition coefficient (Wildman–Crippen LogP) is 3.11. The fourth-order valence-electron chi connectivity index (χ4n) is 2.09. The minimum atomic E-state index is -0.747. The molecule has 2 aromatic rings. The number of nitrogens with zero attached hydrogens (tertiary/aromatic N) is 1. The molecule has 19 heavy (non-hydrogen) atoms. The summed E-state index contributed by atoms with van der Waals surface area (Å²) in [5, 5.41) is 0. The number of hydrogen-bond acceptors (Lipinski definition) is 2. The van der Waals surface area contributed by atoms with Gasteiger partial charge in [0.25, 0.3) is 0 Å². The summed E-state index contributed by atoms with van der Waals surface area (Å²) in [6, 6.07) is 4.58. The molecule has 0 aliphatic heterocycles. The molecule has 0 amide bonds. The van der Waals surface area contributed by atoms with E-state index in [0.717, 1.165) is 18.2 Å². The van der Waals surface area contributed by atoms with Gasteiger partial charge in [-0.05, 0) is 31.0 Å². The highest BCUT2D eigenvalue weighted by Gasteiger charge is 2.43. The first kappa shape index (κ1) is 12.2. The molecule has 1 aromatic heterocycles. The topological polar surface area (TPSA) is 38.9 Å². The molecule has 0 bridgehead atoms. The summed E-state index contributed by atoms with van der Waals surface area (Å²) in [6.07, 6.45) is 2.60. The van der Waals surface area contributed by atoms with Crippen LogP contribution in [0.3, 0.4) is 0 Å². The van der Waals surface area contributed by atoms with Crippen LogP contribution in [-0.2, 0) is 5.54 Å². The smallest absolute Gasteiger partial charge is 0.147 e. The van der Waals surface area contributed by atoms with Crippen LogP contribution in [0, 0.1) is 17.5 Å². The van der Waals surface area contributed by atoms with Gasteiger partial charge in [0.1, 0.15) is 17.5 Å². The Morgan fingerprint density at radius 3 is 2.21 bits per heavy atom. The van der Waals surface area contributed by atoms with Crippen LogP contribution in [0.4, 0.5) is 13.2 Å². The first-order valence-electron chi connectivity index (χ1n) is 5.90. The Bertz CT molecular complexity index is 631. The maximum Gasteiger partial charge on any atom is 0.147 e. The molecule has 2 N–H and O–H groups in total. The average molecular weight is 264 g/mol. The van der Waals surface area contributed by atoms with E-state index < -0.39 is 23.0 Å². The van der Waals surface area contributed by atoms with Crippen molar-refractivity contribution in [3.63, 3.8) is 0 Å². The van der Waals surface area contributed by atoms with Gasteiger partial charge in [-0.1, -0.05) is 6.07 Å². The number of nitrogens with two attached hydrogens (primary N) is 1. The molecule has 0 unspecified atom stereocenters. The van der Waals surface area contributed by atoms with Crippen LogP contribution < -0.4 is 5.73 Å². The molecule has 1 aliphatic carbocycles. The standard InChI is InChI=1S/C14H11F3N2/c15-9-2-1-3-10(16)12(9)8-6-11(17)13(19-7-8)14(18)4-5-14/h1-3,6-7H,4-5,18H2. The molecule has 0 atom stereocenters. The van der Waals surface area contributed by atoms with E-state index in [4.69, 9.17) is 5.73 Å². The van der Waals surface area contributed by atoms with E-state index in [0.29, 0.717) is 12.8 Å². The lowest BCUT2D eigenvalue weighted by molar-refractivity contribution is 0.559. The zero-order valence-electron chi connectivity index (χ0n) is 9.96. The predicted molar refractivity (Wildman–Crippen MR) is 64.6 cm³/mol. The van der Waals surface area contributed by atoms with Crippen molar-refractivity contribution in [2.45, 2.75) is 18.4 Å². The van der Waals surface area contributed by atoms with Crippen LogP contribution in [0.25, 0.3) is 11.1 Å². The van der Waals surface area contributed by atoms with E-state index in [1.54, 1.807) is 0 Å². The number of halogens is 3. The number of rotatable bonds is 2. The first-order chi connectivity index (χ1) is 9.01. The zero-order chi connectivity index (χ0) is 13.6. The summed E-state index contributed by atoms with van der Waals surface area (Å²) in [5.41, 5.74) is 5.11. The third kappa shape index (κ3) is 2.00. The van der Waals surface area contributed by atoms with Crippen molar-refractivity contribution in [3.8, 4) is 11.1 Å². The molecule has 0 saturated heterocycles. The Hall–Kier alpha value is -1.88. The van der Waals surface area contributed by atoms with Gasteiger partial charge in [-0.2, -0.15) is 0 Å². The summed E-state index contributed by atoms with van der Waals surface area (Å²) in [5.74, 6) is -2.12. The molecule has 1 fully saturated rings. The summed E-state index contributed by atoms with van der Waals surface area (Å²) >= 11 is 0. The quantitative estimate of drug-likeness (QED) is 0.905. The highest BCUT2D eigenvalue weighted by atomic mass is 19.1. The largest absolute Gasteiger partial charge is 0.320 e. The maximum atomic E-state index is 13.9. The van der Waals surface area contributed by atoms with Gasteiger partial charge in [-0.25, -0.2) is 13.2 Å². The Kier molecular flexibility index (Phi) is 2.60. The Labute approximate surface area is 108 Å². The molecule has 1 heterocycles. The van der Waals surface area contributed by atoms with Crippen molar-refractivity contribution < 1.29 is 13.2 Å². The Balaban J connectivity index is 2.10. The summed E-state index contributed by atoms with van der Waals surface area (Å²) < 4.78 is 41.1. The molecular weight excluding hydrogens is 253 g/mol. The van der Waals surface area contributed by atoms with E-state index in [1.807, 2.05) is 0 Å². The fourth-order valence-corrected chi connectivity index (χ4v) is 2.09. The van der Waals surface area contributed by atoms with E-state index in [1.165, 1.54) is 12.3 Å². The molecule has 3 rings (SSSR count). The SMILES string of the molecule is NC1(c2ncc(-c3c(F)cccc3F)cc2F)CC1. The monoisotopic (exact) mass is 264 g/mol. The molecule has 1 aromatic carbocycles. The minimum Gasteiger partial charge on any atom is -0.320 e. The lowest BCUT2D eigenvalue weighted by atomic mass is 10.0. The second kappa shape index (κ2) is 4.06. The van der Waals surface area contributed by atoms with E-state index >= 15 is 0 Å². The van der Waals surface area contributed by atoms with E-state index in [2.05, 4.69) is 4.98 Å². The van der Waals surface area contributed by atoms with Gasteiger partial charge in [0.15, 0.2) is 0 Å². The molecule has 1 aliphatic rings. The Morgan fingerprint density at radius 1 is 1.05 bits per heavy atom. The van der Waals surface area contributed by atoms with Crippen molar-refractivity contribution in [2.75, 3.05) is 0 Å². The van der Waals surface area contributed by atoms with Gasteiger partial charge in [-0.3, -0.25) is 4.98 Å². The van der Waals surface area contributed by atoms with Crippen LogP contribution in [0.5, 0.6) is 0 Å². The molecular formula is C14H11F3N2. The first-order valence-corrected chi connectivity index (χ1v) is 5.90. The molecule has 0 radical (unpaired) electrons. The van der Waals surface area contributed by atoms with Crippen LogP contribution in [-0.4, -0.2) is 4.98 Å². The average Bonchev–Trinajstić information content (AvgIpc) is 3.08. The second-order valence-electron chi connectivity index (χ2n) is 4.81. The van der Waals surface area contributed by atoms with Crippen LogP contribution in [0.1, 0.15) is 18.5 Å². The summed E-state index contributed by atoms with van der Waals surface area (Å²) in [6.45, 7) is 0. The fraction of sp³-hybridized carbons (Fsp3) is 0.214. The third-order valence-electron chi connectivity index (χ3n) is 3.35. The molecule has 1 saturated carbocycles. The van der Waals surface area contributed by atoms with E-state index in [-0.39, 0.29) is 16.8 Å². The molecule has 98 valence electrons. The highest BCUT2D eigenvalue weighted by molar-refractivity contribution is 5.64. The van der Waals surface area contributed by atoms with Crippen LogP contribution in [0.15, 0.2) is 30.5 Å². The second-order valence-corrected chi connectivity index (χ2v) is 4.81. The van der Waals surface area contributed by atoms with Crippen molar-refractivity contribution in [1.82, 2.24) is 4.98 Å². The van der Waals surface area contributed by atoms with Crippen LogP contribution in [0.2, 0.25) is 0 Å². The summed E-state index contributed by atoms with van der Waals surface area (Å²) in [7, 11) is 0. The molecule has 5 heteroatoms. The third-order valence-corrected chi connectivity index (χ3v) is 3.35. The van der Waals surface area contributed by atoms with Crippen molar-refractivity contribution in [1.29, 1.82) is 0 Å². The van der Waals surface area contributed by atoms with Gasteiger partial charge in [0, 0.05) is 11.8 Å². The maximum absolute atomic E-state index is 13.9. The number of hydrogen-bond donors (Lipinski definition) is 1. The summed E-state index contributed by atoms with van der Waals surface area (Å²) in [4.78, 5) is 3.94. The van der Waals surface area contributed by atoms with Crippen molar-refractivity contribution >= 4 is 0 Å². The molecule has 0 spiro atoms. The minimum absolute atomic E-state index is 0.0705. The Morgan fingerprint density at radius 2 is 1.68 bits per heavy atom. The lowest BCUT2D eigenvalue weighted by Gasteiger charge is -2.11. The highest BCUT2D eigenvalue weighted by Crippen LogP contribution is 2.43. The van der Waals surface area contributed by atoms with Crippen LogP contribution >= 0.6 is 0 Å².